The number of benzene rings is 2. The van der Waals surface area contributed by atoms with E-state index < -0.39 is 10.0 Å². The maximum atomic E-state index is 13.2. The number of likely N-dealkylation sites (tertiary alicyclic amines) is 1. The molecule has 8 heteroatoms. The molecule has 1 fully saturated rings. The minimum Gasteiger partial charge on any atom is -0.342 e. The van der Waals surface area contributed by atoms with E-state index >= 15 is 0 Å². The second-order valence-electron chi connectivity index (χ2n) is 6.41. The van der Waals surface area contributed by atoms with Gasteiger partial charge in [0, 0.05) is 29.7 Å². The molecule has 0 bridgehead atoms. The van der Waals surface area contributed by atoms with E-state index in [0.717, 1.165) is 12.8 Å². The fourth-order valence-corrected chi connectivity index (χ4v) is 4.70. The van der Waals surface area contributed by atoms with E-state index in [1.165, 1.54) is 28.6 Å². The highest BCUT2D eigenvalue weighted by Crippen LogP contribution is 2.24. The van der Waals surface area contributed by atoms with E-state index in [1.54, 1.807) is 29.2 Å². The van der Waals surface area contributed by atoms with Crippen LogP contribution in [0, 0.1) is 0 Å². The zero-order valence-electron chi connectivity index (χ0n) is 14.6. The lowest BCUT2D eigenvalue weighted by Gasteiger charge is -2.25. The molecule has 2 aromatic rings. The lowest BCUT2D eigenvalue weighted by molar-refractivity contribution is -0.130. The minimum atomic E-state index is -3.89. The fourth-order valence-electron chi connectivity index (χ4n) is 3.02. The summed E-state index contributed by atoms with van der Waals surface area (Å²) in [4.78, 5) is 14.4. The van der Waals surface area contributed by atoms with Crippen molar-refractivity contribution in [2.45, 2.75) is 24.3 Å². The fraction of sp³-hybridized carbons (Fsp3) is 0.316. The summed E-state index contributed by atoms with van der Waals surface area (Å²) >= 11 is 12.1. The summed E-state index contributed by atoms with van der Waals surface area (Å²) in [6.07, 6.45) is 1.89. The summed E-state index contributed by atoms with van der Waals surface area (Å²) in [5.41, 5.74) is 0.644. The van der Waals surface area contributed by atoms with Gasteiger partial charge in [-0.15, -0.1) is 0 Å². The third-order valence-corrected chi connectivity index (χ3v) is 6.95. The maximum Gasteiger partial charge on any atom is 0.243 e. The number of hydrogen-bond acceptors (Lipinski definition) is 3. The Balaban J connectivity index is 1.91. The molecule has 0 radical (unpaired) electrons. The zero-order chi connectivity index (χ0) is 19.4. The molecule has 27 heavy (non-hydrogen) atoms. The Morgan fingerprint density at radius 2 is 1.63 bits per heavy atom. The molecule has 0 aromatic heterocycles. The van der Waals surface area contributed by atoms with Gasteiger partial charge in [0.25, 0.3) is 0 Å². The molecule has 5 nitrogen and oxygen atoms in total. The molecule has 0 spiro atoms. The van der Waals surface area contributed by atoms with Crippen molar-refractivity contribution < 1.29 is 13.2 Å². The molecule has 0 saturated carbocycles. The van der Waals surface area contributed by atoms with Crippen LogP contribution >= 0.6 is 23.2 Å². The standard InChI is InChI=1S/C19H20Cl2N2O3S/c20-16-7-9-17(10-8-16)27(25,26)23(13-15-5-1-2-6-18(15)21)14-19(24)22-11-3-4-12-22/h1-2,5-10H,3-4,11-14H2. The van der Waals surface area contributed by atoms with Crippen molar-refractivity contribution in [3.8, 4) is 0 Å². The van der Waals surface area contributed by atoms with Gasteiger partial charge in [-0.1, -0.05) is 41.4 Å². The van der Waals surface area contributed by atoms with Crippen LogP contribution in [0.3, 0.4) is 0 Å². The first-order chi connectivity index (χ1) is 12.9. The smallest absolute Gasteiger partial charge is 0.243 e. The van der Waals surface area contributed by atoms with Crippen molar-refractivity contribution in [2.24, 2.45) is 0 Å². The Morgan fingerprint density at radius 1 is 1.00 bits per heavy atom. The summed E-state index contributed by atoms with van der Waals surface area (Å²) in [7, 11) is -3.89. The van der Waals surface area contributed by atoms with Crippen LogP contribution in [0.5, 0.6) is 0 Å². The van der Waals surface area contributed by atoms with E-state index in [9.17, 15) is 13.2 Å². The Hall–Kier alpha value is -1.60. The van der Waals surface area contributed by atoms with E-state index in [2.05, 4.69) is 0 Å². The van der Waals surface area contributed by atoms with Gasteiger partial charge < -0.3 is 4.90 Å². The lowest BCUT2D eigenvalue weighted by atomic mass is 10.2. The van der Waals surface area contributed by atoms with Gasteiger partial charge in [0.15, 0.2) is 0 Å². The molecule has 1 aliphatic rings. The number of nitrogens with zero attached hydrogens (tertiary/aromatic N) is 2. The number of halogens is 2. The van der Waals surface area contributed by atoms with E-state index in [0.29, 0.717) is 28.7 Å². The third kappa shape index (κ3) is 4.82. The predicted molar refractivity (Wildman–Crippen MR) is 106 cm³/mol. The Kier molecular flexibility index (Phi) is 6.42. The van der Waals surface area contributed by atoms with Crippen molar-refractivity contribution >= 4 is 39.1 Å². The van der Waals surface area contributed by atoms with Crippen LogP contribution in [0.4, 0.5) is 0 Å². The summed E-state index contributed by atoms with van der Waals surface area (Å²) in [6.45, 7) is 1.12. The van der Waals surface area contributed by atoms with Crippen molar-refractivity contribution in [3.05, 3.63) is 64.1 Å². The van der Waals surface area contributed by atoms with Gasteiger partial charge in [0.2, 0.25) is 15.9 Å². The van der Waals surface area contributed by atoms with Gasteiger partial charge in [-0.3, -0.25) is 4.79 Å². The highest BCUT2D eigenvalue weighted by atomic mass is 35.5. The number of sulfonamides is 1. The summed E-state index contributed by atoms with van der Waals surface area (Å²) in [5, 5.41) is 0.905. The Labute approximate surface area is 169 Å². The molecule has 0 atom stereocenters. The second-order valence-corrected chi connectivity index (χ2v) is 9.19. The van der Waals surface area contributed by atoms with Crippen molar-refractivity contribution in [2.75, 3.05) is 19.6 Å². The molecule has 0 unspecified atom stereocenters. The molecule has 0 aliphatic carbocycles. The normalized spacial score (nSPS) is 14.7. The van der Waals surface area contributed by atoms with Gasteiger partial charge in [0.1, 0.15) is 0 Å². The molecule has 1 heterocycles. The van der Waals surface area contributed by atoms with Crippen LogP contribution in [0.1, 0.15) is 18.4 Å². The average molecular weight is 427 g/mol. The molecular formula is C19H20Cl2N2O3S. The molecule has 1 aliphatic heterocycles. The molecule has 2 aromatic carbocycles. The van der Waals surface area contributed by atoms with Crippen molar-refractivity contribution in [1.82, 2.24) is 9.21 Å². The first-order valence-electron chi connectivity index (χ1n) is 8.65. The van der Waals surface area contributed by atoms with Gasteiger partial charge >= 0.3 is 0 Å². The number of rotatable bonds is 6. The quantitative estimate of drug-likeness (QED) is 0.705. The summed E-state index contributed by atoms with van der Waals surface area (Å²) in [5.74, 6) is -0.197. The van der Waals surface area contributed by atoms with Crippen molar-refractivity contribution in [3.63, 3.8) is 0 Å². The van der Waals surface area contributed by atoms with Gasteiger partial charge in [-0.25, -0.2) is 8.42 Å². The average Bonchev–Trinajstić information content (AvgIpc) is 3.18. The molecule has 0 N–H and O–H groups in total. The topological polar surface area (TPSA) is 57.7 Å². The number of hydrogen-bond donors (Lipinski definition) is 0. The first kappa shape index (κ1) is 20.1. The molecule has 1 saturated heterocycles. The van der Waals surface area contributed by atoms with Gasteiger partial charge in [-0.05, 0) is 48.7 Å². The van der Waals surface area contributed by atoms with Gasteiger partial charge in [0.05, 0.1) is 11.4 Å². The Bertz CT molecular complexity index is 911. The highest BCUT2D eigenvalue weighted by molar-refractivity contribution is 7.89. The highest BCUT2D eigenvalue weighted by Gasteiger charge is 2.30. The summed E-state index contributed by atoms with van der Waals surface area (Å²) < 4.78 is 27.5. The van der Waals surface area contributed by atoms with Gasteiger partial charge in [-0.2, -0.15) is 4.31 Å². The van der Waals surface area contributed by atoms with E-state index in [-0.39, 0.29) is 23.9 Å². The van der Waals surface area contributed by atoms with Crippen molar-refractivity contribution in [1.29, 1.82) is 0 Å². The van der Waals surface area contributed by atoms with Crippen LogP contribution < -0.4 is 0 Å². The maximum absolute atomic E-state index is 13.2. The predicted octanol–water partition coefficient (Wildman–Crippen LogP) is 3.81. The van der Waals surface area contributed by atoms with Crippen LogP contribution in [0.2, 0.25) is 10.0 Å². The van der Waals surface area contributed by atoms with Crippen LogP contribution in [0.25, 0.3) is 0 Å². The largest absolute Gasteiger partial charge is 0.342 e. The Morgan fingerprint density at radius 3 is 2.26 bits per heavy atom. The van der Waals surface area contributed by atoms with Crippen LogP contribution in [0.15, 0.2) is 53.4 Å². The van der Waals surface area contributed by atoms with E-state index in [4.69, 9.17) is 23.2 Å². The number of carbonyl (C=O) groups is 1. The SMILES string of the molecule is O=C(CN(Cc1ccccc1Cl)S(=O)(=O)c1ccc(Cl)cc1)N1CCCC1. The lowest BCUT2D eigenvalue weighted by Crippen LogP contribution is -2.41. The van der Waals surface area contributed by atoms with E-state index in [1.807, 2.05) is 0 Å². The van der Waals surface area contributed by atoms with Crippen LogP contribution in [-0.2, 0) is 21.4 Å². The number of amides is 1. The number of carbonyl (C=O) groups excluding carboxylic acids is 1. The minimum absolute atomic E-state index is 0.0181. The molecular weight excluding hydrogens is 407 g/mol. The molecule has 3 rings (SSSR count). The van der Waals surface area contributed by atoms with Crippen LogP contribution in [-0.4, -0.2) is 43.2 Å². The summed E-state index contributed by atoms with van der Waals surface area (Å²) in [6, 6.07) is 12.9. The monoisotopic (exact) mass is 426 g/mol. The zero-order valence-corrected chi connectivity index (χ0v) is 17.0. The molecule has 1 amide bonds. The third-order valence-electron chi connectivity index (χ3n) is 4.53. The first-order valence-corrected chi connectivity index (χ1v) is 10.8. The second kappa shape index (κ2) is 8.61. The molecule has 144 valence electrons.